The summed E-state index contributed by atoms with van der Waals surface area (Å²) in [6.45, 7) is 12.5. The maximum Gasteiger partial charge on any atom is 0.126 e. The van der Waals surface area contributed by atoms with E-state index in [9.17, 15) is 5.11 Å². The molecule has 1 saturated heterocycles. The molecule has 3 nitrogen and oxygen atoms in total. The first-order valence-electron chi connectivity index (χ1n) is 7.84. The molecular weight excluding hydrogens is 262 g/mol. The Hall–Kier alpha value is -1.48. The minimum atomic E-state index is 0.159. The van der Waals surface area contributed by atoms with Crippen molar-refractivity contribution in [2.45, 2.75) is 32.1 Å². The number of nitrogens with zero attached hydrogens (tertiary/aromatic N) is 1. The first kappa shape index (κ1) is 14.5. The maximum atomic E-state index is 9.58. The Morgan fingerprint density at radius 2 is 2.14 bits per heavy atom. The van der Waals surface area contributed by atoms with Gasteiger partial charge in [0.1, 0.15) is 11.5 Å². The monoisotopic (exact) mass is 287 g/mol. The van der Waals surface area contributed by atoms with Gasteiger partial charge in [-0.05, 0) is 44.8 Å². The molecule has 1 aromatic rings. The molecule has 2 heterocycles. The van der Waals surface area contributed by atoms with Crippen LogP contribution >= 0.6 is 0 Å². The first-order valence-corrected chi connectivity index (χ1v) is 7.84. The highest BCUT2D eigenvalue weighted by atomic mass is 16.5. The second-order valence-corrected chi connectivity index (χ2v) is 6.80. The predicted molar refractivity (Wildman–Crippen MR) is 84.9 cm³/mol. The third-order valence-electron chi connectivity index (χ3n) is 5.23. The van der Waals surface area contributed by atoms with Crippen molar-refractivity contribution < 1.29 is 9.84 Å². The summed E-state index contributed by atoms with van der Waals surface area (Å²) in [5, 5.41) is 9.58. The maximum absolute atomic E-state index is 9.58. The van der Waals surface area contributed by atoms with Gasteiger partial charge in [-0.25, -0.2) is 0 Å². The summed E-state index contributed by atoms with van der Waals surface area (Å²) in [4.78, 5) is 2.54. The molecule has 1 spiro atoms. The normalized spacial score (nSPS) is 21.8. The highest BCUT2D eigenvalue weighted by molar-refractivity contribution is 5.48. The topological polar surface area (TPSA) is 32.7 Å². The molecule has 2 aliphatic heterocycles. The van der Waals surface area contributed by atoms with E-state index in [0.717, 1.165) is 44.8 Å². The van der Waals surface area contributed by atoms with Crippen molar-refractivity contribution in [3.05, 3.63) is 35.9 Å². The number of benzene rings is 1. The van der Waals surface area contributed by atoms with E-state index in [2.05, 4.69) is 25.3 Å². The molecule has 0 aromatic heterocycles. The van der Waals surface area contributed by atoms with E-state index in [1.165, 1.54) is 11.1 Å². The average Bonchev–Trinajstić information content (AvgIpc) is 2.79. The van der Waals surface area contributed by atoms with Crippen molar-refractivity contribution in [1.82, 2.24) is 4.90 Å². The summed E-state index contributed by atoms with van der Waals surface area (Å²) < 4.78 is 5.83. The lowest BCUT2D eigenvalue weighted by Gasteiger charge is -2.39. The van der Waals surface area contributed by atoms with Crippen LogP contribution < -0.4 is 4.74 Å². The Morgan fingerprint density at radius 3 is 2.81 bits per heavy atom. The highest BCUT2D eigenvalue weighted by Crippen LogP contribution is 2.46. The van der Waals surface area contributed by atoms with Gasteiger partial charge in [0.25, 0.3) is 0 Å². The quantitative estimate of drug-likeness (QED) is 0.866. The molecule has 3 rings (SSSR count). The van der Waals surface area contributed by atoms with Crippen LogP contribution in [0.25, 0.3) is 0 Å². The van der Waals surface area contributed by atoms with E-state index < -0.39 is 0 Å². The third-order valence-corrected chi connectivity index (χ3v) is 5.23. The number of fused-ring (bicyclic) bond motifs is 2. The second kappa shape index (κ2) is 5.38. The van der Waals surface area contributed by atoms with E-state index in [1.807, 2.05) is 6.07 Å². The molecule has 3 heteroatoms. The van der Waals surface area contributed by atoms with Crippen molar-refractivity contribution in [2.75, 3.05) is 26.2 Å². The Labute approximate surface area is 127 Å². The van der Waals surface area contributed by atoms with Gasteiger partial charge in [0.15, 0.2) is 0 Å². The number of aromatic hydroxyl groups is 1. The molecule has 0 radical (unpaired) electrons. The van der Waals surface area contributed by atoms with Gasteiger partial charge in [-0.1, -0.05) is 25.1 Å². The number of phenols is 1. The summed E-state index contributed by atoms with van der Waals surface area (Å²) in [6.07, 6.45) is 2.27. The largest absolute Gasteiger partial charge is 0.508 e. The lowest BCUT2D eigenvalue weighted by atomic mass is 9.74. The molecule has 1 aromatic carbocycles. The minimum absolute atomic E-state index is 0.159. The van der Waals surface area contributed by atoms with Gasteiger partial charge in [0.2, 0.25) is 0 Å². The molecule has 0 bridgehead atoms. The summed E-state index contributed by atoms with van der Waals surface area (Å²) >= 11 is 0. The van der Waals surface area contributed by atoms with E-state index >= 15 is 0 Å². The molecular formula is C18H25NO2. The SMILES string of the molecule is C=C(C)C(C)CN1CCC2(CC1)COc1cc(O)ccc12. The van der Waals surface area contributed by atoms with Crippen LogP contribution in [0.5, 0.6) is 11.5 Å². The van der Waals surface area contributed by atoms with Crippen molar-refractivity contribution in [3.63, 3.8) is 0 Å². The van der Waals surface area contributed by atoms with Crippen LogP contribution in [0, 0.1) is 5.92 Å². The fourth-order valence-corrected chi connectivity index (χ4v) is 3.48. The van der Waals surface area contributed by atoms with E-state index in [-0.39, 0.29) is 5.41 Å². The van der Waals surface area contributed by atoms with Crippen LogP contribution in [-0.4, -0.2) is 36.2 Å². The number of ether oxygens (including phenoxy) is 1. The van der Waals surface area contributed by atoms with Gasteiger partial charge in [0.05, 0.1) is 6.61 Å². The molecule has 1 N–H and O–H groups in total. The Kier molecular flexibility index (Phi) is 3.70. The summed E-state index contributed by atoms with van der Waals surface area (Å²) in [6, 6.07) is 5.58. The number of likely N-dealkylation sites (tertiary alicyclic amines) is 1. The van der Waals surface area contributed by atoms with Gasteiger partial charge in [-0.3, -0.25) is 0 Å². The molecule has 0 aliphatic carbocycles. The number of rotatable bonds is 3. The number of hydrogen-bond acceptors (Lipinski definition) is 3. The zero-order valence-corrected chi connectivity index (χ0v) is 13.1. The first-order chi connectivity index (χ1) is 10.00. The lowest BCUT2D eigenvalue weighted by Crippen LogP contribution is -2.44. The molecule has 1 unspecified atom stereocenters. The minimum Gasteiger partial charge on any atom is -0.508 e. The Bertz CT molecular complexity index is 544. The molecule has 0 saturated carbocycles. The predicted octanol–water partition coefficient (Wildman–Crippen LogP) is 3.33. The Balaban J connectivity index is 1.68. The fraction of sp³-hybridized carbons (Fsp3) is 0.556. The third kappa shape index (κ3) is 2.67. The molecule has 0 amide bonds. The van der Waals surface area contributed by atoms with Gasteiger partial charge in [-0.2, -0.15) is 0 Å². The fourth-order valence-electron chi connectivity index (χ4n) is 3.48. The van der Waals surface area contributed by atoms with Crippen LogP contribution in [-0.2, 0) is 5.41 Å². The van der Waals surface area contributed by atoms with Gasteiger partial charge >= 0.3 is 0 Å². The average molecular weight is 287 g/mol. The van der Waals surface area contributed by atoms with E-state index in [1.54, 1.807) is 12.1 Å². The van der Waals surface area contributed by atoms with Crippen LogP contribution in [0.2, 0.25) is 0 Å². The second-order valence-electron chi connectivity index (χ2n) is 6.80. The summed E-state index contributed by atoms with van der Waals surface area (Å²) in [5.41, 5.74) is 2.71. The smallest absolute Gasteiger partial charge is 0.126 e. The zero-order valence-electron chi connectivity index (χ0n) is 13.1. The van der Waals surface area contributed by atoms with Crippen molar-refractivity contribution in [2.24, 2.45) is 5.92 Å². The lowest BCUT2D eigenvalue weighted by molar-refractivity contribution is 0.127. The van der Waals surface area contributed by atoms with Crippen molar-refractivity contribution >= 4 is 0 Å². The number of hydrogen-bond donors (Lipinski definition) is 1. The molecule has 114 valence electrons. The van der Waals surface area contributed by atoms with E-state index in [0.29, 0.717) is 11.7 Å². The standard InChI is InChI=1S/C18H25NO2/c1-13(2)14(3)11-19-8-6-18(7-9-19)12-21-17-10-15(20)4-5-16(17)18/h4-5,10,14,20H,1,6-9,11-12H2,2-3H3. The van der Waals surface area contributed by atoms with Crippen molar-refractivity contribution in [1.29, 1.82) is 0 Å². The van der Waals surface area contributed by atoms with Gasteiger partial charge < -0.3 is 14.7 Å². The molecule has 1 fully saturated rings. The Morgan fingerprint density at radius 1 is 1.43 bits per heavy atom. The molecule has 2 aliphatic rings. The number of phenolic OH excluding ortho intramolecular Hbond substituents is 1. The van der Waals surface area contributed by atoms with E-state index in [4.69, 9.17) is 4.74 Å². The number of piperidine rings is 1. The van der Waals surface area contributed by atoms with Crippen molar-refractivity contribution in [3.8, 4) is 11.5 Å². The molecule has 21 heavy (non-hydrogen) atoms. The van der Waals surface area contributed by atoms with Crippen LogP contribution in [0.15, 0.2) is 30.4 Å². The zero-order chi connectivity index (χ0) is 15.0. The van der Waals surface area contributed by atoms with Crippen LogP contribution in [0.4, 0.5) is 0 Å². The summed E-state index contributed by atoms with van der Waals surface area (Å²) in [5.74, 6) is 1.72. The van der Waals surface area contributed by atoms with Gasteiger partial charge in [0, 0.05) is 23.6 Å². The summed E-state index contributed by atoms with van der Waals surface area (Å²) in [7, 11) is 0. The van der Waals surface area contributed by atoms with Crippen LogP contribution in [0.1, 0.15) is 32.3 Å². The highest BCUT2D eigenvalue weighted by Gasteiger charge is 2.43. The van der Waals surface area contributed by atoms with Gasteiger partial charge in [-0.15, -0.1) is 0 Å². The van der Waals surface area contributed by atoms with Crippen LogP contribution in [0.3, 0.4) is 0 Å². The molecule has 1 atom stereocenters.